The normalized spacial score (nSPS) is 15.4. The van der Waals surface area contributed by atoms with E-state index in [1.807, 2.05) is 25.1 Å². The van der Waals surface area contributed by atoms with Crippen molar-refractivity contribution in [3.8, 4) is 0 Å². The zero-order valence-corrected chi connectivity index (χ0v) is 12.7. The van der Waals surface area contributed by atoms with Gasteiger partial charge < -0.3 is 9.80 Å². The van der Waals surface area contributed by atoms with Gasteiger partial charge in [-0.15, -0.1) is 15.3 Å². The summed E-state index contributed by atoms with van der Waals surface area (Å²) in [6, 6.07) is 8.76. The molecule has 8 heteroatoms. The maximum atomic E-state index is 13.2. The summed E-state index contributed by atoms with van der Waals surface area (Å²) in [7, 11) is 0. The fraction of sp³-hybridized carbons (Fsp3) is 0.333. The number of aryl methyl sites for hydroxylation is 1. The maximum Gasteiger partial charge on any atom is 0.214 e. The third-order valence-electron chi connectivity index (χ3n) is 4.03. The Kier molecular flexibility index (Phi) is 3.29. The highest BCUT2D eigenvalue weighted by Gasteiger charge is 2.20. The first-order chi connectivity index (χ1) is 11.2. The average Bonchev–Trinajstić information content (AvgIpc) is 2.96. The molecule has 118 valence electrons. The molecular weight excluding hydrogens is 297 g/mol. The Balaban J connectivity index is 1.51. The molecule has 1 fully saturated rings. The van der Waals surface area contributed by atoms with Gasteiger partial charge in [-0.25, -0.2) is 4.98 Å². The quantitative estimate of drug-likeness (QED) is 0.665. The second-order valence-electron chi connectivity index (χ2n) is 5.50. The summed E-state index contributed by atoms with van der Waals surface area (Å²) in [5.41, 5.74) is 0.744. The number of halogens is 1. The SMILES string of the molecule is Cc1nnc2ccc(N3CCN(c4cccc(F)n4)CC3)nn12. The molecule has 3 aromatic heterocycles. The summed E-state index contributed by atoms with van der Waals surface area (Å²) in [6.45, 7) is 5.04. The fourth-order valence-electron chi connectivity index (χ4n) is 2.79. The van der Waals surface area contributed by atoms with E-state index < -0.39 is 5.95 Å². The van der Waals surface area contributed by atoms with Gasteiger partial charge in [0.25, 0.3) is 0 Å². The van der Waals surface area contributed by atoms with Crippen LogP contribution in [0.2, 0.25) is 0 Å². The minimum Gasteiger partial charge on any atom is -0.353 e. The van der Waals surface area contributed by atoms with Gasteiger partial charge in [0.15, 0.2) is 11.5 Å². The van der Waals surface area contributed by atoms with E-state index in [9.17, 15) is 4.39 Å². The molecule has 7 nitrogen and oxygen atoms in total. The Morgan fingerprint density at radius 1 is 0.913 bits per heavy atom. The second-order valence-corrected chi connectivity index (χ2v) is 5.50. The van der Waals surface area contributed by atoms with E-state index in [-0.39, 0.29) is 0 Å². The summed E-state index contributed by atoms with van der Waals surface area (Å²) < 4.78 is 15.0. The summed E-state index contributed by atoms with van der Waals surface area (Å²) in [5, 5.41) is 12.7. The molecule has 0 radical (unpaired) electrons. The lowest BCUT2D eigenvalue weighted by atomic mass is 10.3. The van der Waals surface area contributed by atoms with E-state index in [2.05, 4.69) is 30.1 Å². The fourth-order valence-corrected chi connectivity index (χ4v) is 2.79. The number of pyridine rings is 1. The number of nitrogens with zero attached hydrogens (tertiary/aromatic N) is 7. The smallest absolute Gasteiger partial charge is 0.214 e. The van der Waals surface area contributed by atoms with Gasteiger partial charge in [0.1, 0.15) is 11.6 Å². The Hall–Kier alpha value is -2.77. The number of rotatable bonds is 2. The number of fused-ring (bicyclic) bond motifs is 1. The molecule has 1 saturated heterocycles. The van der Waals surface area contributed by atoms with E-state index in [4.69, 9.17) is 0 Å². The van der Waals surface area contributed by atoms with Crippen LogP contribution >= 0.6 is 0 Å². The van der Waals surface area contributed by atoms with Crippen LogP contribution in [-0.4, -0.2) is 51.0 Å². The Morgan fingerprint density at radius 2 is 1.65 bits per heavy atom. The van der Waals surface area contributed by atoms with Gasteiger partial charge >= 0.3 is 0 Å². The van der Waals surface area contributed by atoms with Crippen LogP contribution in [0.1, 0.15) is 5.82 Å². The Bertz CT molecular complexity index is 839. The van der Waals surface area contributed by atoms with Crippen LogP contribution in [0.5, 0.6) is 0 Å². The van der Waals surface area contributed by atoms with Crippen molar-refractivity contribution in [1.29, 1.82) is 0 Å². The highest BCUT2D eigenvalue weighted by Crippen LogP contribution is 2.18. The Morgan fingerprint density at radius 3 is 2.39 bits per heavy atom. The lowest BCUT2D eigenvalue weighted by molar-refractivity contribution is 0.574. The average molecular weight is 313 g/mol. The minimum atomic E-state index is -0.444. The molecule has 0 N–H and O–H groups in total. The summed E-state index contributed by atoms with van der Waals surface area (Å²) in [6.07, 6.45) is 0. The second kappa shape index (κ2) is 5.45. The molecule has 0 aromatic carbocycles. The van der Waals surface area contributed by atoms with E-state index in [0.29, 0.717) is 5.82 Å². The van der Waals surface area contributed by atoms with Gasteiger partial charge in [0.2, 0.25) is 5.95 Å². The number of piperazine rings is 1. The maximum absolute atomic E-state index is 13.2. The topological polar surface area (TPSA) is 62.5 Å². The first kappa shape index (κ1) is 13.9. The summed E-state index contributed by atoms with van der Waals surface area (Å²) >= 11 is 0. The van der Waals surface area contributed by atoms with Crippen LogP contribution in [0.3, 0.4) is 0 Å². The van der Waals surface area contributed by atoms with Crippen molar-refractivity contribution >= 4 is 17.3 Å². The van der Waals surface area contributed by atoms with E-state index >= 15 is 0 Å². The molecule has 0 amide bonds. The van der Waals surface area contributed by atoms with Crippen LogP contribution in [0.25, 0.3) is 5.65 Å². The molecule has 0 unspecified atom stereocenters. The van der Waals surface area contributed by atoms with Crippen LogP contribution in [0, 0.1) is 12.9 Å². The molecule has 4 rings (SSSR count). The number of anilines is 2. The van der Waals surface area contributed by atoms with Gasteiger partial charge in [0, 0.05) is 26.2 Å². The van der Waals surface area contributed by atoms with Crippen molar-refractivity contribution in [3.05, 3.63) is 42.1 Å². The lowest BCUT2D eigenvalue weighted by Crippen LogP contribution is -2.47. The molecule has 0 aliphatic carbocycles. The highest BCUT2D eigenvalue weighted by molar-refractivity contribution is 5.48. The predicted octanol–water partition coefficient (Wildman–Crippen LogP) is 1.29. The molecule has 4 heterocycles. The van der Waals surface area contributed by atoms with Gasteiger partial charge in [-0.05, 0) is 31.2 Å². The van der Waals surface area contributed by atoms with Gasteiger partial charge in [-0.2, -0.15) is 8.91 Å². The molecule has 0 atom stereocenters. The third-order valence-corrected chi connectivity index (χ3v) is 4.03. The zero-order valence-electron chi connectivity index (χ0n) is 12.7. The van der Waals surface area contributed by atoms with Crippen LogP contribution in [-0.2, 0) is 0 Å². The van der Waals surface area contributed by atoms with E-state index in [0.717, 1.165) is 43.5 Å². The minimum absolute atomic E-state index is 0.444. The summed E-state index contributed by atoms with van der Waals surface area (Å²) in [4.78, 5) is 8.23. The third kappa shape index (κ3) is 2.56. The lowest BCUT2D eigenvalue weighted by Gasteiger charge is -2.35. The molecule has 0 saturated carbocycles. The largest absolute Gasteiger partial charge is 0.353 e. The molecule has 1 aliphatic heterocycles. The van der Waals surface area contributed by atoms with Crippen LogP contribution in [0.15, 0.2) is 30.3 Å². The number of hydrogen-bond acceptors (Lipinski definition) is 6. The van der Waals surface area contributed by atoms with Crippen LogP contribution in [0.4, 0.5) is 16.0 Å². The van der Waals surface area contributed by atoms with Crippen molar-refractivity contribution in [2.75, 3.05) is 36.0 Å². The first-order valence-corrected chi connectivity index (χ1v) is 7.52. The molecule has 0 spiro atoms. The Labute approximate surface area is 132 Å². The first-order valence-electron chi connectivity index (χ1n) is 7.52. The zero-order chi connectivity index (χ0) is 15.8. The monoisotopic (exact) mass is 313 g/mol. The van der Waals surface area contributed by atoms with E-state index in [1.165, 1.54) is 6.07 Å². The van der Waals surface area contributed by atoms with E-state index in [1.54, 1.807) is 10.6 Å². The van der Waals surface area contributed by atoms with Crippen molar-refractivity contribution in [3.63, 3.8) is 0 Å². The summed E-state index contributed by atoms with van der Waals surface area (Å²) in [5.74, 6) is 1.90. The van der Waals surface area contributed by atoms with Crippen molar-refractivity contribution in [2.24, 2.45) is 0 Å². The molecule has 3 aromatic rings. The molecule has 0 bridgehead atoms. The highest BCUT2D eigenvalue weighted by atomic mass is 19.1. The van der Waals surface area contributed by atoms with Gasteiger partial charge in [0.05, 0.1) is 0 Å². The van der Waals surface area contributed by atoms with Gasteiger partial charge in [-0.1, -0.05) is 6.07 Å². The van der Waals surface area contributed by atoms with Gasteiger partial charge in [-0.3, -0.25) is 0 Å². The van der Waals surface area contributed by atoms with Crippen LogP contribution < -0.4 is 9.80 Å². The standard InChI is InChI=1S/C15H16FN7/c1-11-18-19-14-5-6-15(20-23(11)14)22-9-7-21(8-10-22)13-4-2-3-12(16)17-13/h2-6H,7-10H2,1H3. The van der Waals surface area contributed by atoms with Crippen molar-refractivity contribution < 1.29 is 4.39 Å². The molecule has 23 heavy (non-hydrogen) atoms. The number of hydrogen-bond donors (Lipinski definition) is 0. The predicted molar refractivity (Wildman–Crippen MR) is 84.1 cm³/mol. The van der Waals surface area contributed by atoms with Crippen molar-refractivity contribution in [1.82, 2.24) is 24.8 Å². The number of aromatic nitrogens is 5. The van der Waals surface area contributed by atoms with Crippen molar-refractivity contribution in [2.45, 2.75) is 6.92 Å². The molecule has 1 aliphatic rings. The molecular formula is C15H16FN7.